The van der Waals surface area contributed by atoms with Crippen molar-refractivity contribution >= 4 is 16.9 Å². The van der Waals surface area contributed by atoms with E-state index in [0.29, 0.717) is 5.56 Å². The number of nitrogens with one attached hydrogen (secondary N) is 1. The van der Waals surface area contributed by atoms with E-state index in [1.54, 1.807) is 13.0 Å². The first-order chi connectivity index (χ1) is 14.9. The van der Waals surface area contributed by atoms with Crippen LogP contribution in [0.3, 0.4) is 0 Å². The Morgan fingerprint density at radius 3 is 2.52 bits per heavy atom. The van der Waals surface area contributed by atoms with Crippen LogP contribution in [0.2, 0.25) is 0 Å². The minimum Gasteiger partial charge on any atom is -0.506 e. The van der Waals surface area contributed by atoms with Crippen molar-refractivity contribution in [2.75, 3.05) is 0 Å². The molecule has 8 heteroatoms. The summed E-state index contributed by atoms with van der Waals surface area (Å²) in [5.74, 6) is -2.34. The molecule has 2 aromatic heterocycles. The Hall–Kier alpha value is -4.07. The molecule has 0 fully saturated rings. The third kappa shape index (κ3) is 3.75. The molecule has 0 aliphatic heterocycles. The molecule has 0 radical (unpaired) electrons. The van der Waals surface area contributed by atoms with Gasteiger partial charge in [0.05, 0.1) is 17.1 Å². The molecule has 0 unspecified atom stereocenters. The van der Waals surface area contributed by atoms with Crippen LogP contribution in [0.5, 0.6) is 5.75 Å². The molecular formula is C23H17F2N3O3. The summed E-state index contributed by atoms with van der Waals surface area (Å²) in [7, 11) is 0. The van der Waals surface area contributed by atoms with Crippen molar-refractivity contribution in [2.45, 2.75) is 13.0 Å². The summed E-state index contributed by atoms with van der Waals surface area (Å²) in [6, 6.07) is 13.3. The number of fused-ring (bicyclic) bond motifs is 1. The van der Waals surface area contributed by atoms with Gasteiger partial charge in [-0.2, -0.15) is 0 Å². The van der Waals surface area contributed by atoms with Crippen LogP contribution in [0.15, 0.2) is 71.7 Å². The number of benzene rings is 2. The third-order valence-electron chi connectivity index (χ3n) is 4.92. The molecule has 2 aromatic carbocycles. The zero-order valence-corrected chi connectivity index (χ0v) is 16.3. The van der Waals surface area contributed by atoms with Crippen LogP contribution in [0, 0.1) is 11.6 Å². The largest absolute Gasteiger partial charge is 0.506 e. The number of pyridine rings is 2. The van der Waals surface area contributed by atoms with E-state index in [1.807, 2.05) is 0 Å². The Labute approximate surface area is 175 Å². The molecule has 1 atom stereocenters. The first-order valence-corrected chi connectivity index (χ1v) is 9.42. The highest BCUT2D eigenvalue weighted by Gasteiger charge is 2.25. The smallest absolute Gasteiger partial charge is 0.273 e. The van der Waals surface area contributed by atoms with Gasteiger partial charge in [0.1, 0.15) is 22.9 Å². The van der Waals surface area contributed by atoms with Crippen LogP contribution in [0.1, 0.15) is 28.9 Å². The van der Waals surface area contributed by atoms with Gasteiger partial charge < -0.3 is 10.4 Å². The molecule has 0 saturated carbocycles. The molecule has 1 amide bonds. The number of nitrogens with zero attached hydrogens (tertiary/aromatic N) is 2. The quantitative estimate of drug-likeness (QED) is 0.524. The maximum Gasteiger partial charge on any atom is 0.273 e. The number of aromatic nitrogens is 2. The van der Waals surface area contributed by atoms with Gasteiger partial charge in [0.2, 0.25) is 0 Å². The summed E-state index contributed by atoms with van der Waals surface area (Å²) in [5, 5.41) is 13.5. The van der Waals surface area contributed by atoms with E-state index >= 15 is 0 Å². The third-order valence-corrected chi connectivity index (χ3v) is 4.92. The van der Waals surface area contributed by atoms with Crippen LogP contribution in [0.4, 0.5) is 8.78 Å². The van der Waals surface area contributed by atoms with E-state index in [0.717, 1.165) is 10.6 Å². The van der Waals surface area contributed by atoms with Gasteiger partial charge >= 0.3 is 0 Å². The lowest BCUT2D eigenvalue weighted by Crippen LogP contribution is -2.34. The molecular weight excluding hydrogens is 404 g/mol. The van der Waals surface area contributed by atoms with Crippen molar-refractivity contribution in [3.8, 4) is 11.4 Å². The Balaban J connectivity index is 1.85. The molecule has 4 rings (SSSR count). The number of hydrogen-bond acceptors (Lipinski definition) is 4. The van der Waals surface area contributed by atoms with E-state index in [9.17, 15) is 23.5 Å². The summed E-state index contributed by atoms with van der Waals surface area (Å²) in [5.41, 5.74) is -0.493. The zero-order chi connectivity index (χ0) is 22.1. The number of carbonyl (C=O) groups is 1. The van der Waals surface area contributed by atoms with Crippen molar-refractivity contribution in [3.05, 3.63) is 100.0 Å². The molecule has 0 aliphatic rings. The van der Waals surface area contributed by atoms with Gasteiger partial charge in [-0.05, 0) is 55.0 Å². The fourth-order valence-electron chi connectivity index (χ4n) is 3.37. The SMILES string of the molecule is C[C@@H](NC(=O)c1c(O)c2cccnc2n(-c2cccc(F)c2)c1=O)c1ccc(F)cc1. The second kappa shape index (κ2) is 7.98. The van der Waals surface area contributed by atoms with Crippen LogP contribution in [0.25, 0.3) is 16.7 Å². The van der Waals surface area contributed by atoms with E-state index in [4.69, 9.17) is 0 Å². The number of amides is 1. The number of rotatable bonds is 4. The van der Waals surface area contributed by atoms with Crippen molar-refractivity contribution in [1.82, 2.24) is 14.9 Å². The van der Waals surface area contributed by atoms with Crippen LogP contribution < -0.4 is 10.9 Å². The Morgan fingerprint density at radius 1 is 1.06 bits per heavy atom. The van der Waals surface area contributed by atoms with E-state index in [-0.39, 0.29) is 16.7 Å². The van der Waals surface area contributed by atoms with E-state index in [2.05, 4.69) is 10.3 Å². The van der Waals surface area contributed by atoms with Crippen LogP contribution in [-0.2, 0) is 0 Å². The molecule has 0 aliphatic carbocycles. The highest BCUT2D eigenvalue weighted by atomic mass is 19.1. The Bertz CT molecular complexity index is 1350. The molecule has 0 bridgehead atoms. The first kappa shape index (κ1) is 20.2. The molecule has 156 valence electrons. The topological polar surface area (TPSA) is 84.2 Å². The number of aromatic hydroxyl groups is 1. The Morgan fingerprint density at radius 2 is 1.81 bits per heavy atom. The molecule has 0 saturated heterocycles. The van der Waals surface area contributed by atoms with Gasteiger partial charge in [-0.1, -0.05) is 18.2 Å². The Kier molecular flexibility index (Phi) is 5.21. The summed E-state index contributed by atoms with van der Waals surface area (Å²) in [4.78, 5) is 30.4. The average Bonchev–Trinajstić information content (AvgIpc) is 2.74. The highest BCUT2D eigenvalue weighted by molar-refractivity contribution is 6.02. The molecule has 2 N–H and O–H groups in total. The summed E-state index contributed by atoms with van der Waals surface area (Å²) >= 11 is 0. The van der Waals surface area contributed by atoms with Crippen molar-refractivity contribution in [1.29, 1.82) is 0 Å². The maximum atomic E-state index is 13.8. The van der Waals surface area contributed by atoms with Gasteiger partial charge in [-0.15, -0.1) is 0 Å². The molecule has 2 heterocycles. The molecule has 31 heavy (non-hydrogen) atoms. The fourth-order valence-corrected chi connectivity index (χ4v) is 3.37. The van der Waals surface area contributed by atoms with Gasteiger partial charge in [-0.25, -0.2) is 13.8 Å². The number of halogens is 2. The molecule has 4 aromatic rings. The van der Waals surface area contributed by atoms with Gasteiger partial charge in [0, 0.05) is 6.20 Å². The standard InChI is InChI=1S/C23H17F2N3O3/c1-13(14-7-9-15(24)10-8-14)27-22(30)19-20(29)18-6-3-11-26-21(18)28(23(19)31)17-5-2-4-16(25)12-17/h2-13,29H,1H3,(H,27,30)/t13-/m1/s1. The van der Waals surface area contributed by atoms with Gasteiger partial charge in [0.15, 0.2) is 5.65 Å². The predicted molar refractivity (Wildman–Crippen MR) is 111 cm³/mol. The van der Waals surface area contributed by atoms with Crippen molar-refractivity contribution in [3.63, 3.8) is 0 Å². The van der Waals surface area contributed by atoms with Gasteiger partial charge in [0.25, 0.3) is 11.5 Å². The van der Waals surface area contributed by atoms with Crippen molar-refractivity contribution < 1.29 is 18.7 Å². The molecule has 0 spiro atoms. The average molecular weight is 421 g/mol. The lowest BCUT2D eigenvalue weighted by atomic mass is 10.1. The highest BCUT2D eigenvalue weighted by Crippen LogP contribution is 2.27. The number of carbonyl (C=O) groups excluding carboxylic acids is 1. The lowest BCUT2D eigenvalue weighted by molar-refractivity contribution is 0.0935. The minimum absolute atomic E-state index is 0.0822. The van der Waals surface area contributed by atoms with E-state index < -0.39 is 40.5 Å². The minimum atomic E-state index is -0.849. The monoisotopic (exact) mass is 421 g/mol. The predicted octanol–water partition coefficient (Wildman–Crippen LogP) is 3.86. The van der Waals surface area contributed by atoms with Crippen LogP contribution in [-0.4, -0.2) is 20.6 Å². The first-order valence-electron chi connectivity index (χ1n) is 9.42. The van der Waals surface area contributed by atoms with Crippen molar-refractivity contribution in [2.24, 2.45) is 0 Å². The zero-order valence-electron chi connectivity index (χ0n) is 16.3. The summed E-state index contributed by atoms with van der Waals surface area (Å²) in [6.07, 6.45) is 1.42. The van der Waals surface area contributed by atoms with E-state index in [1.165, 1.54) is 54.7 Å². The second-order valence-corrected chi connectivity index (χ2v) is 6.97. The van der Waals surface area contributed by atoms with Gasteiger partial charge in [-0.3, -0.25) is 14.2 Å². The summed E-state index contributed by atoms with van der Waals surface area (Å²) in [6.45, 7) is 1.66. The summed E-state index contributed by atoms with van der Waals surface area (Å²) < 4.78 is 28.1. The normalized spacial score (nSPS) is 12.0. The van der Waals surface area contributed by atoms with Crippen LogP contribution >= 0.6 is 0 Å². The number of hydrogen-bond donors (Lipinski definition) is 2. The second-order valence-electron chi connectivity index (χ2n) is 6.97. The fraction of sp³-hybridized carbons (Fsp3) is 0.0870. The maximum absolute atomic E-state index is 13.8. The molecule has 6 nitrogen and oxygen atoms in total. The lowest BCUT2D eigenvalue weighted by Gasteiger charge is -2.17.